The molecule has 0 spiro atoms. The number of carbonyl (C=O) groups is 1. The summed E-state index contributed by atoms with van der Waals surface area (Å²) < 4.78 is 10.7. The first kappa shape index (κ1) is 17.4. The molecule has 3 nitrogen and oxygen atoms in total. The molecule has 0 saturated heterocycles. The quantitative estimate of drug-likeness (QED) is 0.564. The number of hydrogen-bond acceptors (Lipinski definition) is 3. The lowest BCUT2D eigenvalue weighted by Crippen LogP contribution is -2.51. The SMILES string of the molecule is CCOC(C)OC(=O)C(C)(C(C)(C)C)C(C)(C)C. The molecule has 0 fully saturated rings. The molecule has 1 unspecified atom stereocenters. The fraction of sp³-hybridized carbons (Fsp3) is 0.933. The zero-order valence-corrected chi connectivity index (χ0v) is 13.5. The molecule has 3 heteroatoms. The maximum Gasteiger partial charge on any atom is 0.315 e. The molecule has 0 aliphatic carbocycles. The molecule has 18 heavy (non-hydrogen) atoms. The van der Waals surface area contributed by atoms with Gasteiger partial charge in [0.25, 0.3) is 0 Å². The molecule has 0 bridgehead atoms. The Balaban J connectivity index is 5.20. The van der Waals surface area contributed by atoms with Crippen LogP contribution < -0.4 is 0 Å². The Morgan fingerprint density at radius 3 is 1.67 bits per heavy atom. The number of hydrogen-bond donors (Lipinski definition) is 0. The van der Waals surface area contributed by atoms with E-state index in [4.69, 9.17) is 9.47 Å². The van der Waals surface area contributed by atoms with Gasteiger partial charge in [-0.1, -0.05) is 41.5 Å². The van der Waals surface area contributed by atoms with Crippen LogP contribution in [0.2, 0.25) is 0 Å². The van der Waals surface area contributed by atoms with Crippen LogP contribution in [0.3, 0.4) is 0 Å². The summed E-state index contributed by atoms with van der Waals surface area (Å²) in [6.45, 7) is 18.6. The Kier molecular flexibility index (Phi) is 5.42. The molecular formula is C15H30O3. The van der Waals surface area contributed by atoms with E-state index >= 15 is 0 Å². The zero-order valence-electron chi connectivity index (χ0n) is 13.5. The lowest BCUT2D eigenvalue weighted by molar-refractivity contribution is -0.200. The molecule has 0 aromatic rings. The highest BCUT2D eigenvalue weighted by atomic mass is 16.7. The van der Waals surface area contributed by atoms with Crippen LogP contribution in [0, 0.1) is 16.2 Å². The van der Waals surface area contributed by atoms with Gasteiger partial charge in [-0.25, -0.2) is 0 Å². The summed E-state index contributed by atoms with van der Waals surface area (Å²) in [5.74, 6) is -0.191. The summed E-state index contributed by atoms with van der Waals surface area (Å²) in [7, 11) is 0. The third-order valence-corrected chi connectivity index (χ3v) is 4.08. The molecule has 0 rings (SSSR count). The summed E-state index contributed by atoms with van der Waals surface area (Å²) in [6, 6.07) is 0. The normalized spacial score (nSPS) is 15.4. The van der Waals surface area contributed by atoms with Crippen LogP contribution in [-0.4, -0.2) is 18.9 Å². The van der Waals surface area contributed by atoms with Gasteiger partial charge in [-0.3, -0.25) is 4.79 Å². The molecule has 1 atom stereocenters. The van der Waals surface area contributed by atoms with Crippen molar-refractivity contribution in [3.8, 4) is 0 Å². The largest absolute Gasteiger partial charge is 0.436 e. The van der Waals surface area contributed by atoms with Gasteiger partial charge in [0.1, 0.15) is 0 Å². The second kappa shape index (κ2) is 5.60. The van der Waals surface area contributed by atoms with Crippen LogP contribution >= 0.6 is 0 Å². The topological polar surface area (TPSA) is 35.5 Å². The maximum atomic E-state index is 12.5. The van der Waals surface area contributed by atoms with Crippen molar-refractivity contribution in [1.29, 1.82) is 0 Å². The van der Waals surface area contributed by atoms with Crippen molar-refractivity contribution in [2.75, 3.05) is 6.61 Å². The molecule has 0 aliphatic rings. The molecule has 0 aromatic heterocycles. The predicted octanol–water partition coefficient (Wildman–Crippen LogP) is 4.01. The van der Waals surface area contributed by atoms with Crippen molar-refractivity contribution in [2.45, 2.75) is 68.6 Å². The third kappa shape index (κ3) is 3.47. The molecule has 0 N–H and O–H groups in total. The molecule has 0 amide bonds. The van der Waals surface area contributed by atoms with Gasteiger partial charge in [-0.05, 0) is 31.6 Å². The van der Waals surface area contributed by atoms with Crippen LogP contribution in [0.5, 0.6) is 0 Å². The van der Waals surface area contributed by atoms with Crippen molar-refractivity contribution < 1.29 is 14.3 Å². The molecule has 0 aliphatic heterocycles. The van der Waals surface area contributed by atoms with E-state index in [-0.39, 0.29) is 16.8 Å². The lowest BCUT2D eigenvalue weighted by Gasteiger charge is -2.49. The Labute approximate surface area is 112 Å². The van der Waals surface area contributed by atoms with E-state index in [0.717, 1.165) is 0 Å². The van der Waals surface area contributed by atoms with Gasteiger partial charge < -0.3 is 9.47 Å². The van der Waals surface area contributed by atoms with E-state index < -0.39 is 11.7 Å². The second-order valence-electron chi connectivity index (χ2n) is 7.05. The summed E-state index contributed by atoms with van der Waals surface area (Å²) >= 11 is 0. The van der Waals surface area contributed by atoms with E-state index in [2.05, 4.69) is 41.5 Å². The standard InChI is InChI=1S/C15H30O3/c1-10-17-11(2)18-12(16)15(9,13(3,4)5)14(6,7)8/h11H,10H2,1-9H3. The Morgan fingerprint density at radius 1 is 1.00 bits per heavy atom. The highest BCUT2D eigenvalue weighted by molar-refractivity contribution is 5.78. The van der Waals surface area contributed by atoms with E-state index in [1.807, 2.05) is 13.8 Å². The van der Waals surface area contributed by atoms with Gasteiger partial charge in [-0.15, -0.1) is 0 Å². The number of ether oxygens (including phenoxy) is 2. The minimum Gasteiger partial charge on any atom is -0.436 e. The molecule has 0 aromatic carbocycles. The van der Waals surface area contributed by atoms with Gasteiger partial charge in [0, 0.05) is 6.61 Å². The van der Waals surface area contributed by atoms with Crippen LogP contribution in [0.15, 0.2) is 0 Å². The van der Waals surface area contributed by atoms with Crippen molar-refractivity contribution in [3.63, 3.8) is 0 Å². The van der Waals surface area contributed by atoms with Crippen molar-refractivity contribution in [3.05, 3.63) is 0 Å². The summed E-state index contributed by atoms with van der Waals surface area (Å²) in [4.78, 5) is 12.5. The van der Waals surface area contributed by atoms with Crippen molar-refractivity contribution in [2.24, 2.45) is 16.2 Å². The van der Waals surface area contributed by atoms with Crippen LogP contribution in [0.4, 0.5) is 0 Å². The Bertz CT molecular complexity index is 267. The van der Waals surface area contributed by atoms with E-state index in [0.29, 0.717) is 6.61 Å². The van der Waals surface area contributed by atoms with E-state index in [1.54, 1.807) is 6.92 Å². The van der Waals surface area contributed by atoms with Gasteiger partial charge in [-0.2, -0.15) is 0 Å². The zero-order chi connectivity index (χ0) is 14.8. The van der Waals surface area contributed by atoms with Crippen molar-refractivity contribution in [1.82, 2.24) is 0 Å². The Morgan fingerprint density at radius 2 is 1.39 bits per heavy atom. The summed E-state index contributed by atoms with van der Waals surface area (Å²) in [6.07, 6.45) is -0.494. The Hall–Kier alpha value is -0.570. The smallest absolute Gasteiger partial charge is 0.315 e. The first-order chi connectivity index (χ1) is 7.88. The number of esters is 1. The second-order valence-corrected chi connectivity index (χ2v) is 7.05. The molecule has 0 radical (unpaired) electrons. The van der Waals surface area contributed by atoms with Crippen LogP contribution in [0.25, 0.3) is 0 Å². The van der Waals surface area contributed by atoms with Crippen LogP contribution in [-0.2, 0) is 14.3 Å². The fourth-order valence-corrected chi connectivity index (χ4v) is 2.27. The highest BCUT2D eigenvalue weighted by Crippen LogP contribution is 2.52. The monoisotopic (exact) mass is 258 g/mol. The maximum absolute atomic E-state index is 12.5. The minimum atomic E-state index is -0.578. The van der Waals surface area contributed by atoms with Crippen molar-refractivity contribution >= 4 is 5.97 Å². The predicted molar refractivity (Wildman–Crippen MR) is 74.2 cm³/mol. The minimum absolute atomic E-state index is 0.186. The molecule has 108 valence electrons. The number of rotatable bonds is 4. The molecule has 0 saturated carbocycles. The highest BCUT2D eigenvalue weighted by Gasteiger charge is 2.54. The van der Waals surface area contributed by atoms with Gasteiger partial charge in [0.15, 0.2) is 6.29 Å². The fourth-order valence-electron chi connectivity index (χ4n) is 2.27. The first-order valence-electron chi connectivity index (χ1n) is 6.70. The summed E-state index contributed by atoms with van der Waals surface area (Å²) in [5.41, 5.74) is -0.950. The number of carbonyl (C=O) groups excluding carboxylic acids is 1. The first-order valence-corrected chi connectivity index (χ1v) is 6.70. The van der Waals surface area contributed by atoms with Crippen LogP contribution in [0.1, 0.15) is 62.3 Å². The summed E-state index contributed by atoms with van der Waals surface area (Å²) in [5, 5.41) is 0. The third-order valence-electron chi connectivity index (χ3n) is 4.08. The molecular weight excluding hydrogens is 228 g/mol. The van der Waals surface area contributed by atoms with E-state index in [1.165, 1.54) is 0 Å². The van der Waals surface area contributed by atoms with Gasteiger partial charge >= 0.3 is 5.97 Å². The molecule has 0 heterocycles. The average molecular weight is 258 g/mol. The van der Waals surface area contributed by atoms with Gasteiger partial charge in [0.05, 0.1) is 5.41 Å². The van der Waals surface area contributed by atoms with E-state index in [9.17, 15) is 4.79 Å². The van der Waals surface area contributed by atoms with Gasteiger partial charge in [0.2, 0.25) is 0 Å². The average Bonchev–Trinajstić information content (AvgIpc) is 2.12. The lowest BCUT2D eigenvalue weighted by atomic mass is 9.55.